The van der Waals surface area contributed by atoms with Gasteiger partial charge in [-0.15, -0.1) is 11.6 Å². The zero-order valence-corrected chi connectivity index (χ0v) is 18.0. The van der Waals surface area contributed by atoms with E-state index in [-0.39, 0.29) is 5.88 Å². The molecule has 0 atom stereocenters. The molecule has 162 valence electrons. The Morgan fingerprint density at radius 2 is 1.66 bits per heavy atom. The molecule has 0 aliphatic carbocycles. The first-order valence-electron chi connectivity index (χ1n) is 10.1. The Hall–Kier alpha value is -3.64. The molecular formula is C25H21ClN2O4. The SMILES string of the molecule is O=C(O)COc1cc(-c2ccccc2)nc(-c2ccc3cc(OCCCCl)ccc3c2)n1. The lowest BCUT2D eigenvalue weighted by molar-refractivity contribution is -0.139. The standard InChI is InChI=1S/C25H21ClN2O4/c26-11-4-12-31-21-10-9-18-13-20(8-7-19(18)14-21)25-27-22(17-5-2-1-3-6-17)15-23(28-25)32-16-24(29)30/h1-3,5-10,13-15H,4,11-12,16H2,(H,29,30). The van der Waals surface area contributed by atoms with Gasteiger partial charge in [-0.25, -0.2) is 9.78 Å². The van der Waals surface area contributed by atoms with Gasteiger partial charge in [0.15, 0.2) is 12.4 Å². The molecule has 0 saturated carbocycles. The fourth-order valence-corrected chi connectivity index (χ4v) is 3.33. The van der Waals surface area contributed by atoms with Gasteiger partial charge in [0, 0.05) is 23.1 Å². The molecule has 0 unspecified atom stereocenters. The molecular weight excluding hydrogens is 428 g/mol. The second-order valence-corrected chi connectivity index (χ2v) is 7.46. The van der Waals surface area contributed by atoms with Crippen LogP contribution in [0.25, 0.3) is 33.4 Å². The van der Waals surface area contributed by atoms with Crippen LogP contribution < -0.4 is 9.47 Å². The molecule has 0 aliphatic heterocycles. The molecule has 32 heavy (non-hydrogen) atoms. The first-order valence-corrected chi connectivity index (χ1v) is 10.7. The molecule has 7 heteroatoms. The molecule has 0 saturated heterocycles. The van der Waals surface area contributed by atoms with Gasteiger partial charge < -0.3 is 14.6 Å². The molecule has 0 aliphatic rings. The van der Waals surface area contributed by atoms with E-state index in [1.807, 2.05) is 66.7 Å². The number of carboxylic acid groups (broad SMARTS) is 1. The van der Waals surface area contributed by atoms with Crippen LogP contribution in [0.4, 0.5) is 0 Å². The van der Waals surface area contributed by atoms with Crippen LogP contribution in [0.3, 0.4) is 0 Å². The minimum atomic E-state index is -1.07. The Labute approximate surface area is 190 Å². The van der Waals surface area contributed by atoms with Crippen molar-refractivity contribution in [2.75, 3.05) is 19.1 Å². The van der Waals surface area contributed by atoms with E-state index >= 15 is 0 Å². The average molecular weight is 449 g/mol. The maximum absolute atomic E-state index is 11.0. The van der Waals surface area contributed by atoms with E-state index in [9.17, 15) is 4.79 Å². The predicted octanol–water partition coefficient (Wildman–Crippen LogP) is 5.43. The highest BCUT2D eigenvalue weighted by Crippen LogP contribution is 2.29. The van der Waals surface area contributed by atoms with E-state index in [2.05, 4.69) is 4.98 Å². The summed E-state index contributed by atoms with van der Waals surface area (Å²) < 4.78 is 11.1. The van der Waals surface area contributed by atoms with Crippen LogP contribution in [0, 0.1) is 0 Å². The fraction of sp³-hybridized carbons (Fsp3) is 0.160. The normalized spacial score (nSPS) is 10.8. The van der Waals surface area contributed by atoms with Crippen molar-refractivity contribution in [2.45, 2.75) is 6.42 Å². The van der Waals surface area contributed by atoms with Crippen molar-refractivity contribution in [3.8, 4) is 34.3 Å². The third-order valence-corrected chi connectivity index (χ3v) is 5.00. The highest BCUT2D eigenvalue weighted by molar-refractivity contribution is 6.17. The van der Waals surface area contributed by atoms with E-state index in [1.165, 1.54) is 0 Å². The van der Waals surface area contributed by atoms with Gasteiger partial charge in [-0.05, 0) is 35.4 Å². The van der Waals surface area contributed by atoms with Gasteiger partial charge in [-0.3, -0.25) is 0 Å². The summed E-state index contributed by atoms with van der Waals surface area (Å²) in [5, 5.41) is 11.0. The summed E-state index contributed by atoms with van der Waals surface area (Å²) in [6.45, 7) is 0.0984. The number of ether oxygens (including phenoxy) is 2. The molecule has 1 aromatic heterocycles. The van der Waals surface area contributed by atoms with Gasteiger partial charge in [0.2, 0.25) is 5.88 Å². The summed E-state index contributed by atoms with van der Waals surface area (Å²) in [6, 6.07) is 23.0. The molecule has 0 radical (unpaired) electrons. The van der Waals surface area contributed by atoms with Crippen LogP contribution in [-0.2, 0) is 4.79 Å². The molecule has 0 fully saturated rings. The lowest BCUT2D eigenvalue weighted by Gasteiger charge is -2.10. The van der Waals surface area contributed by atoms with Crippen molar-refractivity contribution in [1.29, 1.82) is 0 Å². The zero-order chi connectivity index (χ0) is 22.3. The maximum atomic E-state index is 11.0. The summed E-state index contributed by atoms with van der Waals surface area (Å²) in [5.74, 6) is 0.954. The number of rotatable bonds is 9. The largest absolute Gasteiger partial charge is 0.494 e. The fourth-order valence-electron chi connectivity index (χ4n) is 3.22. The van der Waals surface area contributed by atoms with Crippen molar-refractivity contribution in [2.24, 2.45) is 0 Å². The van der Waals surface area contributed by atoms with Crippen LogP contribution in [0.15, 0.2) is 72.8 Å². The summed E-state index contributed by atoms with van der Waals surface area (Å²) in [4.78, 5) is 20.1. The van der Waals surface area contributed by atoms with Gasteiger partial charge >= 0.3 is 5.97 Å². The van der Waals surface area contributed by atoms with E-state index in [0.29, 0.717) is 24.0 Å². The second kappa shape index (κ2) is 10.1. The first kappa shape index (κ1) is 21.6. The summed E-state index contributed by atoms with van der Waals surface area (Å²) in [6.07, 6.45) is 0.792. The predicted molar refractivity (Wildman–Crippen MR) is 124 cm³/mol. The Balaban J connectivity index is 1.69. The number of nitrogens with zero attached hydrogens (tertiary/aromatic N) is 2. The molecule has 3 aromatic carbocycles. The smallest absolute Gasteiger partial charge is 0.341 e. The Bertz CT molecular complexity index is 1230. The number of aliphatic carboxylic acids is 1. The number of carbonyl (C=O) groups is 1. The molecule has 6 nitrogen and oxygen atoms in total. The molecule has 1 N–H and O–H groups in total. The van der Waals surface area contributed by atoms with Crippen LogP contribution in [0.1, 0.15) is 6.42 Å². The Morgan fingerprint density at radius 1 is 0.875 bits per heavy atom. The number of hydrogen-bond donors (Lipinski definition) is 1. The minimum Gasteiger partial charge on any atom is -0.494 e. The van der Waals surface area contributed by atoms with Crippen LogP contribution in [0.5, 0.6) is 11.6 Å². The zero-order valence-electron chi connectivity index (χ0n) is 17.2. The summed E-state index contributed by atoms with van der Waals surface area (Å²) in [7, 11) is 0. The van der Waals surface area contributed by atoms with Crippen LogP contribution >= 0.6 is 11.6 Å². The molecule has 4 rings (SSSR count). The van der Waals surface area contributed by atoms with Gasteiger partial charge in [-0.2, -0.15) is 4.98 Å². The van der Waals surface area contributed by atoms with Crippen molar-refractivity contribution in [3.63, 3.8) is 0 Å². The maximum Gasteiger partial charge on any atom is 0.341 e. The van der Waals surface area contributed by atoms with E-state index in [1.54, 1.807) is 6.07 Å². The molecule has 0 spiro atoms. The summed E-state index contributed by atoms with van der Waals surface area (Å²) in [5.41, 5.74) is 2.33. The van der Waals surface area contributed by atoms with Gasteiger partial charge in [0.1, 0.15) is 5.75 Å². The second-order valence-electron chi connectivity index (χ2n) is 7.08. The number of benzene rings is 3. The Kier molecular flexibility index (Phi) is 6.82. The van der Waals surface area contributed by atoms with Crippen molar-refractivity contribution in [3.05, 3.63) is 72.8 Å². The van der Waals surface area contributed by atoms with E-state index in [4.69, 9.17) is 31.2 Å². The summed E-state index contributed by atoms with van der Waals surface area (Å²) >= 11 is 5.71. The van der Waals surface area contributed by atoms with Crippen LogP contribution in [0.2, 0.25) is 0 Å². The molecule has 4 aromatic rings. The van der Waals surface area contributed by atoms with Crippen molar-refractivity contribution < 1.29 is 19.4 Å². The molecule has 1 heterocycles. The number of hydrogen-bond acceptors (Lipinski definition) is 5. The number of halogens is 1. The van der Waals surface area contributed by atoms with E-state index in [0.717, 1.165) is 34.1 Å². The van der Waals surface area contributed by atoms with Gasteiger partial charge in [0.25, 0.3) is 0 Å². The third-order valence-electron chi connectivity index (χ3n) is 4.73. The average Bonchev–Trinajstić information content (AvgIpc) is 2.83. The van der Waals surface area contributed by atoms with Crippen molar-refractivity contribution in [1.82, 2.24) is 9.97 Å². The van der Waals surface area contributed by atoms with E-state index < -0.39 is 12.6 Å². The monoisotopic (exact) mass is 448 g/mol. The number of fused-ring (bicyclic) bond motifs is 1. The highest BCUT2D eigenvalue weighted by Gasteiger charge is 2.12. The minimum absolute atomic E-state index is 0.208. The molecule has 0 bridgehead atoms. The third kappa shape index (κ3) is 5.34. The lowest BCUT2D eigenvalue weighted by Crippen LogP contribution is -2.11. The highest BCUT2D eigenvalue weighted by atomic mass is 35.5. The lowest BCUT2D eigenvalue weighted by atomic mass is 10.1. The quantitative estimate of drug-likeness (QED) is 0.271. The number of carboxylic acids is 1. The van der Waals surface area contributed by atoms with Crippen LogP contribution in [-0.4, -0.2) is 40.1 Å². The Morgan fingerprint density at radius 3 is 2.44 bits per heavy atom. The number of alkyl halides is 1. The molecule has 0 amide bonds. The first-order chi connectivity index (χ1) is 15.6. The van der Waals surface area contributed by atoms with Crippen molar-refractivity contribution >= 4 is 28.3 Å². The topological polar surface area (TPSA) is 81.5 Å². The van der Waals surface area contributed by atoms with Gasteiger partial charge in [0.05, 0.1) is 12.3 Å². The van der Waals surface area contributed by atoms with Gasteiger partial charge in [-0.1, -0.05) is 48.5 Å². The number of aromatic nitrogens is 2.